The van der Waals surface area contributed by atoms with Crippen LogP contribution in [0.4, 0.5) is 5.82 Å². The van der Waals surface area contributed by atoms with E-state index in [-0.39, 0.29) is 5.91 Å². The lowest BCUT2D eigenvalue weighted by Gasteiger charge is -2.24. The highest BCUT2D eigenvalue weighted by atomic mass is 32.1. The summed E-state index contributed by atoms with van der Waals surface area (Å²) < 4.78 is 0. The topological polar surface area (TPSA) is 62.5 Å². The Balaban J connectivity index is 2.23. The van der Waals surface area contributed by atoms with E-state index in [4.69, 9.17) is 18.0 Å². The Morgan fingerprint density at radius 2 is 2.05 bits per heavy atom. The number of likely N-dealkylation sites (tertiary alicyclic amines) is 1. The van der Waals surface area contributed by atoms with Gasteiger partial charge in [0.15, 0.2) is 0 Å². The number of hydrogen-bond acceptors (Lipinski definition) is 4. The molecule has 0 aromatic carbocycles. The highest BCUT2D eigenvalue weighted by molar-refractivity contribution is 7.80. The molecule has 1 amide bonds. The van der Waals surface area contributed by atoms with Gasteiger partial charge in [0.05, 0.1) is 12.1 Å². The van der Waals surface area contributed by atoms with Crippen molar-refractivity contribution in [2.45, 2.75) is 26.7 Å². The molecule has 0 unspecified atom stereocenters. The van der Waals surface area contributed by atoms with E-state index in [2.05, 4.69) is 4.98 Å². The molecule has 6 heteroatoms. The zero-order valence-corrected chi connectivity index (χ0v) is 13.7. The molecule has 0 aliphatic carbocycles. The molecule has 2 N–H and O–H groups in total. The lowest BCUT2D eigenvalue weighted by atomic mass is 10.1. The fourth-order valence-corrected chi connectivity index (χ4v) is 2.99. The van der Waals surface area contributed by atoms with Crippen molar-refractivity contribution >= 4 is 28.9 Å². The van der Waals surface area contributed by atoms with E-state index in [0.717, 1.165) is 42.8 Å². The second kappa shape index (κ2) is 6.39. The number of nitrogens with zero attached hydrogens (tertiary/aromatic N) is 3. The van der Waals surface area contributed by atoms with E-state index in [1.165, 1.54) is 0 Å². The number of hydrogen-bond donors (Lipinski definition) is 1. The van der Waals surface area contributed by atoms with Crippen molar-refractivity contribution in [2.75, 3.05) is 31.6 Å². The van der Waals surface area contributed by atoms with E-state index in [1.807, 2.05) is 36.8 Å². The first-order valence-electron chi connectivity index (χ1n) is 7.17. The maximum atomic E-state index is 12.3. The predicted octanol–water partition coefficient (Wildman–Crippen LogP) is 1.39. The molecule has 1 fully saturated rings. The number of nitrogens with two attached hydrogens (primary N) is 1. The van der Waals surface area contributed by atoms with Gasteiger partial charge in [0.1, 0.15) is 10.8 Å². The number of pyridine rings is 1. The first-order valence-corrected chi connectivity index (χ1v) is 7.58. The van der Waals surface area contributed by atoms with Crippen molar-refractivity contribution in [3.8, 4) is 0 Å². The molecule has 0 radical (unpaired) electrons. The molecule has 1 saturated heterocycles. The van der Waals surface area contributed by atoms with E-state index in [1.54, 1.807) is 0 Å². The number of likely N-dealkylation sites (N-methyl/N-ethyl adjacent to an activating group) is 1. The third kappa shape index (κ3) is 3.50. The van der Waals surface area contributed by atoms with Gasteiger partial charge < -0.3 is 15.5 Å². The standard InChI is InChI=1S/C15H22N4OS/c1-10-8-11(2)17-15(13(10)14(16)21)18(3)9-12(20)19-6-4-5-7-19/h8H,4-7,9H2,1-3H3,(H2,16,21). The minimum atomic E-state index is 0.129. The number of carbonyl (C=O) groups excluding carboxylic acids is 1. The lowest BCUT2D eigenvalue weighted by molar-refractivity contribution is -0.128. The Bertz CT molecular complexity index is 567. The number of carbonyl (C=O) groups is 1. The Kier molecular flexibility index (Phi) is 4.77. The van der Waals surface area contributed by atoms with Gasteiger partial charge in [-0.1, -0.05) is 12.2 Å². The molecule has 0 saturated carbocycles. The molecule has 114 valence electrons. The quantitative estimate of drug-likeness (QED) is 0.852. The fraction of sp³-hybridized carbons (Fsp3) is 0.533. The van der Waals surface area contributed by atoms with Gasteiger partial charge in [-0.2, -0.15) is 0 Å². The van der Waals surface area contributed by atoms with Crippen LogP contribution in [0.15, 0.2) is 6.07 Å². The van der Waals surface area contributed by atoms with Gasteiger partial charge in [0.2, 0.25) is 5.91 Å². The van der Waals surface area contributed by atoms with Crippen LogP contribution in [0.1, 0.15) is 29.7 Å². The smallest absolute Gasteiger partial charge is 0.242 e. The monoisotopic (exact) mass is 306 g/mol. The number of amides is 1. The summed E-state index contributed by atoms with van der Waals surface area (Å²) in [6.07, 6.45) is 2.19. The Labute approximate surface area is 131 Å². The number of anilines is 1. The molecule has 0 spiro atoms. The van der Waals surface area contributed by atoms with Gasteiger partial charge in [-0.3, -0.25) is 4.79 Å². The van der Waals surface area contributed by atoms with Crippen molar-refractivity contribution in [1.82, 2.24) is 9.88 Å². The molecule has 1 aromatic rings. The van der Waals surface area contributed by atoms with Crippen LogP contribution in [0.2, 0.25) is 0 Å². The molecule has 1 aliphatic rings. The number of aryl methyl sites for hydroxylation is 2. The van der Waals surface area contributed by atoms with E-state index in [9.17, 15) is 4.79 Å². The van der Waals surface area contributed by atoms with Gasteiger partial charge in [-0.25, -0.2) is 4.98 Å². The molecule has 1 aromatic heterocycles. The van der Waals surface area contributed by atoms with Crippen LogP contribution in [0.5, 0.6) is 0 Å². The first kappa shape index (κ1) is 15.7. The Hall–Kier alpha value is -1.69. The largest absolute Gasteiger partial charge is 0.389 e. The van der Waals surface area contributed by atoms with Crippen molar-refractivity contribution < 1.29 is 4.79 Å². The summed E-state index contributed by atoms with van der Waals surface area (Å²) >= 11 is 5.14. The Morgan fingerprint density at radius 3 is 2.62 bits per heavy atom. The molecule has 5 nitrogen and oxygen atoms in total. The van der Waals surface area contributed by atoms with Gasteiger partial charge in [-0.15, -0.1) is 0 Å². The summed E-state index contributed by atoms with van der Waals surface area (Å²) in [6, 6.07) is 1.95. The molecular weight excluding hydrogens is 284 g/mol. The molecule has 2 rings (SSSR count). The minimum absolute atomic E-state index is 0.129. The number of thiocarbonyl (C=S) groups is 1. The molecular formula is C15H22N4OS. The van der Waals surface area contributed by atoms with Crippen LogP contribution in [-0.4, -0.2) is 47.5 Å². The molecule has 1 aliphatic heterocycles. The summed E-state index contributed by atoms with van der Waals surface area (Å²) in [5.74, 6) is 0.817. The SMILES string of the molecule is Cc1cc(C)c(C(N)=S)c(N(C)CC(=O)N2CCCC2)n1. The zero-order valence-electron chi connectivity index (χ0n) is 12.8. The van der Waals surface area contributed by atoms with Crippen LogP contribution in [0.25, 0.3) is 0 Å². The number of aromatic nitrogens is 1. The van der Waals surface area contributed by atoms with Gasteiger partial charge in [-0.05, 0) is 38.3 Å². The third-order valence-corrected chi connectivity index (χ3v) is 3.97. The summed E-state index contributed by atoms with van der Waals surface area (Å²) in [5.41, 5.74) is 8.47. The van der Waals surface area contributed by atoms with Crippen LogP contribution in [-0.2, 0) is 4.79 Å². The molecule has 0 bridgehead atoms. The van der Waals surface area contributed by atoms with Crippen LogP contribution >= 0.6 is 12.2 Å². The maximum absolute atomic E-state index is 12.3. The van der Waals surface area contributed by atoms with Gasteiger partial charge in [0.25, 0.3) is 0 Å². The van der Waals surface area contributed by atoms with Crippen LogP contribution in [0, 0.1) is 13.8 Å². The van der Waals surface area contributed by atoms with Crippen molar-refractivity contribution in [1.29, 1.82) is 0 Å². The Morgan fingerprint density at radius 1 is 1.43 bits per heavy atom. The average molecular weight is 306 g/mol. The minimum Gasteiger partial charge on any atom is -0.389 e. The van der Waals surface area contributed by atoms with Gasteiger partial charge in [0, 0.05) is 25.8 Å². The van der Waals surface area contributed by atoms with Crippen molar-refractivity contribution in [2.24, 2.45) is 5.73 Å². The summed E-state index contributed by atoms with van der Waals surface area (Å²) in [5, 5.41) is 0. The molecule has 21 heavy (non-hydrogen) atoms. The summed E-state index contributed by atoms with van der Waals surface area (Å²) in [6.45, 7) is 5.90. The zero-order chi connectivity index (χ0) is 15.6. The summed E-state index contributed by atoms with van der Waals surface area (Å²) in [7, 11) is 1.86. The maximum Gasteiger partial charge on any atom is 0.242 e. The number of rotatable bonds is 4. The highest BCUT2D eigenvalue weighted by Gasteiger charge is 2.22. The van der Waals surface area contributed by atoms with Crippen molar-refractivity contribution in [3.05, 3.63) is 22.9 Å². The molecule has 2 heterocycles. The van der Waals surface area contributed by atoms with Gasteiger partial charge >= 0.3 is 0 Å². The first-order chi connectivity index (χ1) is 9.90. The van der Waals surface area contributed by atoms with E-state index < -0.39 is 0 Å². The van der Waals surface area contributed by atoms with Crippen LogP contribution in [0.3, 0.4) is 0 Å². The molecule has 0 atom stereocenters. The summed E-state index contributed by atoms with van der Waals surface area (Å²) in [4.78, 5) is 20.9. The van der Waals surface area contributed by atoms with Crippen LogP contribution < -0.4 is 10.6 Å². The fourth-order valence-electron chi connectivity index (χ4n) is 2.74. The normalized spacial score (nSPS) is 14.3. The highest BCUT2D eigenvalue weighted by Crippen LogP contribution is 2.22. The van der Waals surface area contributed by atoms with E-state index in [0.29, 0.717) is 17.4 Å². The third-order valence-electron chi connectivity index (χ3n) is 3.76. The predicted molar refractivity (Wildman–Crippen MR) is 88.7 cm³/mol. The van der Waals surface area contributed by atoms with Crippen molar-refractivity contribution in [3.63, 3.8) is 0 Å². The lowest BCUT2D eigenvalue weighted by Crippen LogP contribution is -2.38. The second-order valence-corrected chi connectivity index (χ2v) is 6.03. The second-order valence-electron chi connectivity index (χ2n) is 5.59. The average Bonchev–Trinajstić information content (AvgIpc) is 2.90. The van der Waals surface area contributed by atoms with E-state index >= 15 is 0 Å².